The minimum absolute atomic E-state index is 0.238. The molecular weight excluding hydrogens is 361 g/mol. The second-order valence-electron chi connectivity index (χ2n) is 5.85. The van der Waals surface area contributed by atoms with Crippen molar-refractivity contribution in [1.29, 1.82) is 0 Å². The number of amides is 1. The van der Waals surface area contributed by atoms with Gasteiger partial charge in [-0.3, -0.25) is 4.79 Å². The summed E-state index contributed by atoms with van der Waals surface area (Å²) in [5.41, 5.74) is 1.47. The zero-order valence-electron chi connectivity index (χ0n) is 14.4. The van der Waals surface area contributed by atoms with Crippen molar-refractivity contribution < 1.29 is 4.79 Å². The van der Waals surface area contributed by atoms with E-state index in [9.17, 15) is 4.79 Å². The van der Waals surface area contributed by atoms with Crippen LogP contribution in [0, 0.1) is 6.92 Å². The Bertz CT molecular complexity index is 732. The zero-order valence-corrected chi connectivity index (χ0v) is 15.9. The average molecular weight is 382 g/mol. The monoisotopic (exact) mass is 381 g/mol. The zero-order chi connectivity index (χ0) is 18.4. The first-order chi connectivity index (χ1) is 11.9. The van der Waals surface area contributed by atoms with Gasteiger partial charge in [0.05, 0.1) is 15.7 Å². The highest BCUT2D eigenvalue weighted by atomic mass is 35.5. The van der Waals surface area contributed by atoms with E-state index < -0.39 is 0 Å². The number of carbonyl (C=O) groups excluding carboxylic acids is 1. The minimum Gasteiger partial charge on any atom is -0.351 e. The topological polar surface area (TPSA) is 70.2 Å². The highest BCUT2D eigenvalue weighted by molar-refractivity contribution is 6.39. The minimum atomic E-state index is -0.238. The lowest BCUT2D eigenvalue weighted by molar-refractivity contribution is 0.0947. The molecule has 0 atom stereocenters. The number of nitrogens with one attached hydrogen (secondary N) is 2. The molecular formula is C17H21Cl2N5O. The van der Waals surface area contributed by atoms with Crippen LogP contribution in [-0.2, 0) is 0 Å². The molecule has 1 aromatic carbocycles. The van der Waals surface area contributed by atoms with Gasteiger partial charge >= 0.3 is 0 Å². The molecule has 0 spiro atoms. The smallest absolute Gasteiger partial charge is 0.270 e. The van der Waals surface area contributed by atoms with E-state index in [1.54, 1.807) is 31.2 Å². The first kappa shape index (κ1) is 19.4. The number of halogens is 2. The number of aryl methyl sites for hydroxylation is 1. The van der Waals surface area contributed by atoms with Gasteiger partial charge in [-0.05, 0) is 52.2 Å². The fourth-order valence-corrected chi connectivity index (χ4v) is 2.65. The van der Waals surface area contributed by atoms with Crippen LogP contribution in [0.2, 0.25) is 10.0 Å². The number of hydrogen-bond acceptors (Lipinski definition) is 5. The summed E-state index contributed by atoms with van der Waals surface area (Å²) in [4.78, 5) is 22.9. The van der Waals surface area contributed by atoms with Gasteiger partial charge in [-0.2, -0.15) is 0 Å². The quantitative estimate of drug-likeness (QED) is 0.718. The molecule has 1 heterocycles. The summed E-state index contributed by atoms with van der Waals surface area (Å²) in [6.07, 6.45) is 0.864. The first-order valence-electron chi connectivity index (χ1n) is 7.86. The van der Waals surface area contributed by atoms with Crippen LogP contribution in [0.4, 0.5) is 11.6 Å². The van der Waals surface area contributed by atoms with E-state index in [2.05, 4.69) is 25.5 Å². The average Bonchev–Trinajstić information content (AvgIpc) is 2.54. The Morgan fingerprint density at radius 2 is 1.88 bits per heavy atom. The number of aromatic nitrogens is 2. The molecule has 2 rings (SSSR count). The third kappa shape index (κ3) is 5.85. The lowest BCUT2D eigenvalue weighted by Crippen LogP contribution is -2.28. The van der Waals surface area contributed by atoms with Crippen LogP contribution in [0.15, 0.2) is 24.3 Å². The molecule has 6 nitrogen and oxygen atoms in total. The lowest BCUT2D eigenvalue weighted by atomic mass is 10.3. The Balaban J connectivity index is 2.10. The molecule has 0 radical (unpaired) electrons. The van der Waals surface area contributed by atoms with Gasteiger partial charge in [-0.25, -0.2) is 9.97 Å². The number of nitrogens with zero attached hydrogens (tertiary/aromatic N) is 3. The summed E-state index contributed by atoms with van der Waals surface area (Å²) in [5.74, 6) is 0.0333. The maximum atomic E-state index is 12.3. The highest BCUT2D eigenvalue weighted by Gasteiger charge is 2.12. The van der Waals surface area contributed by atoms with Crippen molar-refractivity contribution in [3.63, 3.8) is 0 Å². The van der Waals surface area contributed by atoms with Crippen LogP contribution in [0.1, 0.15) is 22.6 Å². The van der Waals surface area contributed by atoms with Crippen molar-refractivity contribution in [1.82, 2.24) is 20.2 Å². The summed E-state index contributed by atoms with van der Waals surface area (Å²) in [7, 11) is 3.99. The molecule has 1 amide bonds. The Morgan fingerprint density at radius 3 is 2.52 bits per heavy atom. The molecule has 0 saturated carbocycles. The third-order valence-corrected chi connectivity index (χ3v) is 3.98. The summed E-state index contributed by atoms with van der Waals surface area (Å²) < 4.78 is 0. The van der Waals surface area contributed by atoms with E-state index >= 15 is 0 Å². The van der Waals surface area contributed by atoms with Gasteiger partial charge in [0.1, 0.15) is 5.69 Å². The highest BCUT2D eigenvalue weighted by Crippen LogP contribution is 2.31. The standard InChI is InChI=1S/C17H21Cl2N5O/c1-11-10-14(16(25)20-8-5-9-24(2)3)22-17(21-11)23-15-12(18)6-4-7-13(15)19/h4,6-7,10H,5,8-9H2,1-3H3,(H,20,25)(H,21,22,23). The first-order valence-corrected chi connectivity index (χ1v) is 8.62. The molecule has 2 N–H and O–H groups in total. The van der Waals surface area contributed by atoms with E-state index in [0.29, 0.717) is 33.7 Å². The molecule has 0 bridgehead atoms. The third-order valence-electron chi connectivity index (χ3n) is 3.35. The van der Waals surface area contributed by atoms with Crippen molar-refractivity contribution in [2.24, 2.45) is 0 Å². The molecule has 1 aromatic heterocycles. The van der Waals surface area contributed by atoms with Crippen LogP contribution in [0.3, 0.4) is 0 Å². The number of rotatable bonds is 7. The van der Waals surface area contributed by atoms with Crippen LogP contribution in [0.25, 0.3) is 0 Å². The Kier molecular flexibility index (Phi) is 6.99. The summed E-state index contributed by atoms with van der Waals surface area (Å²) in [6.45, 7) is 3.28. The van der Waals surface area contributed by atoms with Crippen molar-refractivity contribution in [3.05, 3.63) is 45.7 Å². The Labute approximate surface area is 157 Å². The molecule has 0 aliphatic carbocycles. The summed E-state index contributed by atoms with van der Waals surface area (Å²) in [6, 6.07) is 6.81. The van der Waals surface area contributed by atoms with Crippen molar-refractivity contribution in [2.45, 2.75) is 13.3 Å². The van der Waals surface area contributed by atoms with Gasteiger partial charge < -0.3 is 15.5 Å². The molecule has 0 unspecified atom stereocenters. The molecule has 0 aliphatic heterocycles. The molecule has 0 aliphatic rings. The predicted octanol–water partition coefficient (Wildman–Crippen LogP) is 3.52. The Hall–Kier alpha value is -1.89. The molecule has 0 saturated heterocycles. The molecule has 25 heavy (non-hydrogen) atoms. The van der Waals surface area contributed by atoms with Crippen LogP contribution in [-0.4, -0.2) is 48.0 Å². The largest absolute Gasteiger partial charge is 0.351 e. The normalized spacial score (nSPS) is 10.8. The van der Waals surface area contributed by atoms with E-state index in [-0.39, 0.29) is 11.9 Å². The van der Waals surface area contributed by atoms with E-state index in [1.165, 1.54) is 0 Å². The molecule has 8 heteroatoms. The number of carbonyl (C=O) groups is 1. The van der Waals surface area contributed by atoms with Crippen LogP contribution < -0.4 is 10.6 Å². The van der Waals surface area contributed by atoms with Gasteiger partial charge in [-0.1, -0.05) is 29.3 Å². The van der Waals surface area contributed by atoms with Gasteiger partial charge in [0.15, 0.2) is 0 Å². The van der Waals surface area contributed by atoms with E-state index in [4.69, 9.17) is 23.2 Å². The second-order valence-corrected chi connectivity index (χ2v) is 6.67. The summed E-state index contributed by atoms with van der Waals surface area (Å²) in [5, 5.41) is 6.75. The maximum Gasteiger partial charge on any atom is 0.270 e. The number of benzene rings is 1. The second kappa shape index (κ2) is 8.99. The van der Waals surface area contributed by atoms with E-state index in [1.807, 2.05) is 14.1 Å². The lowest BCUT2D eigenvalue weighted by Gasteiger charge is -2.12. The van der Waals surface area contributed by atoms with Gasteiger partial charge in [0.25, 0.3) is 5.91 Å². The van der Waals surface area contributed by atoms with E-state index in [0.717, 1.165) is 13.0 Å². The fraction of sp³-hybridized carbons (Fsp3) is 0.353. The van der Waals surface area contributed by atoms with Crippen LogP contribution >= 0.6 is 23.2 Å². The number of para-hydroxylation sites is 1. The SMILES string of the molecule is Cc1cc(C(=O)NCCCN(C)C)nc(Nc2c(Cl)cccc2Cl)n1. The number of hydrogen-bond donors (Lipinski definition) is 2. The molecule has 0 fully saturated rings. The fourth-order valence-electron chi connectivity index (χ4n) is 2.16. The number of anilines is 2. The maximum absolute atomic E-state index is 12.3. The van der Waals surface area contributed by atoms with Crippen molar-refractivity contribution in [3.8, 4) is 0 Å². The van der Waals surface area contributed by atoms with Gasteiger partial charge in [0, 0.05) is 12.2 Å². The summed E-state index contributed by atoms with van der Waals surface area (Å²) >= 11 is 12.3. The molecule has 2 aromatic rings. The predicted molar refractivity (Wildman–Crippen MR) is 102 cm³/mol. The molecule has 134 valence electrons. The van der Waals surface area contributed by atoms with Crippen molar-refractivity contribution in [2.75, 3.05) is 32.5 Å². The van der Waals surface area contributed by atoms with Gasteiger partial charge in [0.2, 0.25) is 5.95 Å². The van der Waals surface area contributed by atoms with Crippen LogP contribution in [0.5, 0.6) is 0 Å². The van der Waals surface area contributed by atoms with Gasteiger partial charge in [-0.15, -0.1) is 0 Å². The van der Waals surface area contributed by atoms with Crippen molar-refractivity contribution >= 4 is 40.7 Å². The Morgan fingerprint density at radius 1 is 1.20 bits per heavy atom.